The van der Waals surface area contributed by atoms with Gasteiger partial charge < -0.3 is 9.64 Å². The molecule has 26 heavy (non-hydrogen) atoms. The first-order valence-electron chi connectivity index (χ1n) is 8.57. The first kappa shape index (κ1) is 20.6. The monoisotopic (exact) mass is 438 g/mol. The third kappa shape index (κ3) is 5.92. The highest BCUT2D eigenvalue weighted by molar-refractivity contribution is 9.10. The molecule has 0 spiro atoms. The molecule has 0 aliphatic heterocycles. The summed E-state index contributed by atoms with van der Waals surface area (Å²) in [7, 11) is 0. The van der Waals surface area contributed by atoms with Gasteiger partial charge in [-0.15, -0.1) is 11.3 Å². The summed E-state index contributed by atoms with van der Waals surface area (Å²) in [5.41, 5.74) is 0.927. The Morgan fingerprint density at radius 3 is 2.77 bits per heavy atom. The predicted octanol–water partition coefficient (Wildman–Crippen LogP) is 4.77. The minimum absolute atomic E-state index is 0.0418. The zero-order chi connectivity index (χ0) is 19.1. The number of carbonyl (C=O) groups is 2. The minimum atomic E-state index is -0.429. The number of ether oxygens (including phenoxy) is 1. The third-order valence-electron chi connectivity index (χ3n) is 3.70. The summed E-state index contributed by atoms with van der Waals surface area (Å²) >= 11 is 4.78. The van der Waals surface area contributed by atoms with Gasteiger partial charge in [0.2, 0.25) is 0 Å². The number of rotatable bonds is 8. The second-order valence-corrected chi connectivity index (χ2v) is 8.12. The normalized spacial score (nSPS) is 10.8. The number of benzene rings is 1. The Labute approximate surface area is 166 Å². The first-order chi connectivity index (χ1) is 12.4. The molecule has 0 saturated heterocycles. The van der Waals surface area contributed by atoms with Gasteiger partial charge in [-0.25, -0.2) is 9.78 Å². The number of carbonyl (C=O) groups excluding carboxylic acids is 2. The Balaban J connectivity index is 2.16. The van der Waals surface area contributed by atoms with Gasteiger partial charge >= 0.3 is 5.97 Å². The van der Waals surface area contributed by atoms with Gasteiger partial charge in [-0.05, 0) is 37.5 Å². The fraction of sp³-hybridized carbons (Fsp3) is 0.421. The Hall–Kier alpha value is -1.73. The van der Waals surface area contributed by atoms with Crippen molar-refractivity contribution < 1.29 is 14.3 Å². The lowest BCUT2D eigenvalue weighted by Gasteiger charge is -2.23. The zero-order valence-electron chi connectivity index (χ0n) is 15.2. The molecule has 2 aromatic rings. The molecule has 0 aliphatic rings. The van der Waals surface area contributed by atoms with Gasteiger partial charge in [-0.3, -0.25) is 4.79 Å². The number of amides is 1. The van der Waals surface area contributed by atoms with Crippen LogP contribution in [-0.4, -0.2) is 34.9 Å². The van der Waals surface area contributed by atoms with Gasteiger partial charge in [0.1, 0.15) is 5.01 Å². The molecule has 0 atom stereocenters. The molecule has 2 rings (SSSR count). The van der Waals surface area contributed by atoms with Crippen molar-refractivity contribution in [2.45, 2.75) is 33.7 Å². The van der Waals surface area contributed by atoms with Crippen molar-refractivity contribution in [1.82, 2.24) is 9.88 Å². The summed E-state index contributed by atoms with van der Waals surface area (Å²) in [4.78, 5) is 30.9. The van der Waals surface area contributed by atoms with Crippen LogP contribution < -0.4 is 0 Å². The molecule has 1 aromatic heterocycles. The molecule has 5 nitrogen and oxygen atoms in total. The molecule has 1 aromatic carbocycles. The van der Waals surface area contributed by atoms with Gasteiger partial charge in [-0.2, -0.15) is 0 Å². The molecule has 0 bridgehead atoms. The fourth-order valence-electron chi connectivity index (χ4n) is 2.32. The summed E-state index contributed by atoms with van der Waals surface area (Å²) in [6, 6.07) is 7.36. The molecule has 0 fully saturated rings. The molecular weight excluding hydrogens is 416 g/mol. The van der Waals surface area contributed by atoms with Crippen LogP contribution in [0.15, 0.2) is 34.1 Å². The first-order valence-corrected chi connectivity index (χ1v) is 10.2. The Morgan fingerprint density at radius 1 is 1.35 bits per heavy atom. The maximum atomic E-state index is 12.9. The number of nitrogens with zero attached hydrogens (tertiary/aromatic N) is 2. The molecule has 0 unspecified atom stereocenters. The smallest absolute Gasteiger partial charge is 0.357 e. The number of halogens is 1. The lowest BCUT2D eigenvalue weighted by Crippen LogP contribution is -2.32. The summed E-state index contributed by atoms with van der Waals surface area (Å²) < 4.78 is 5.84. The van der Waals surface area contributed by atoms with Crippen LogP contribution in [0.25, 0.3) is 0 Å². The molecule has 0 N–H and O–H groups in total. The summed E-state index contributed by atoms with van der Waals surface area (Å²) in [5.74, 6) is 0.0149. The molecule has 1 heterocycles. The maximum absolute atomic E-state index is 12.9. The Kier molecular flexibility index (Phi) is 7.78. The van der Waals surface area contributed by atoms with Crippen LogP contribution in [0, 0.1) is 5.92 Å². The molecule has 140 valence electrons. The quantitative estimate of drug-likeness (QED) is 0.556. The zero-order valence-corrected chi connectivity index (χ0v) is 17.6. The van der Waals surface area contributed by atoms with Crippen molar-refractivity contribution in [1.29, 1.82) is 0 Å². The van der Waals surface area contributed by atoms with Crippen molar-refractivity contribution in [3.05, 3.63) is 50.4 Å². The summed E-state index contributed by atoms with van der Waals surface area (Å²) in [6.07, 6.45) is 0.899. The molecule has 0 aliphatic carbocycles. The maximum Gasteiger partial charge on any atom is 0.357 e. The number of thiazole rings is 1. The SMILES string of the molecule is CCOC(=O)c1csc(CN(CCC(C)C)C(=O)c2cccc(Br)c2)n1. The number of aromatic nitrogens is 1. The average Bonchev–Trinajstić information content (AvgIpc) is 3.07. The number of esters is 1. The van der Waals surface area contributed by atoms with E-state index < -0.39 is 5.97 Å². The van der Waals surface area contributed by atoms with E-state index in [4.69, 9.17) is 4.74 Å². The summed E-state index contributed by atoms with van der Waals surface area (Å²) in [5, 5.41) is 2.40. The molecule has 0 saturated carbocycles. The van der Waals surface area contributed by atoms with Gasteiger partial charge in [0.15, 0.2) is 5.69 Å². The van der Waals surface area contributed by atoms with E-state index in [2.05, 4.69) is 34.8 Å². The molecular formula is C19H23BrN2O3S. The van der Waals surface area contributed by atoms with Crippen molar-refractivity contribution in [2.75, 3.05) is 13.2 Å². The molecule has 0 radical (unpaired) electrons. The van der Waals surface area contributed by atoms with Gasteiger partial charge in [0.05, 0.1) is 13.2 Å². The van der Waals surface area contributed by atoms with Crippen LogP contribution in [0.4, 0.5) is 0 Å². The van der Waals surface area contributed by atoms with Crippen LogP contribution in [0.1, 0.15) is 53.0 Å². The standard InChI is InChI=1S/C19H23BrN2O3S/c1-4-25-19(24)16-12-26-17(21-16)11-22(9-8-13(2)3)18(23)14-6-5-7-15(20)10-14/h5-7,10,12-13H,4,8-9,11H2,1-3H3. The van der Waals surface area contributed by atoms with Crippen molar-refractivity contribution >= 4 is 39.1 Å². The van der Waals surface area contributed by atoms with E-state index in [9.17, 15) is 9.59 Å². The number of hydrogen-bond donors (Lipinski definition) is 0. The van der Waals surface area contributed by atoms with Crippen LogP contribution in [0.3, 0.4) is 0 Å². The van der Waals surface area contributed by atoms with Gasteiger partial charge in [0.25, 0.3) is 5.91 Å². The highest BCUT2D eigenvalue weighted by Crippen LogP contribution is 2.18. The van der Waals surface area contributed by atoms with E-state index in [1.165, 1.54) is 11.3 Å². The van der Waals surface area contributed by atoms with Crippen LogP contribution >= 0.6 is 27.3 Å². The van der Waals surface area contributed by atoms with E-state index in [1.54, 1.807) is 23.3 Å². The lowest BCUT2D eigenvalue weighted by atomic mass is 10.1. The minimum Gasteiger partial charge on any atom is -0.461 e. The van der Waals surface area contributed by atoms with E-state index in [-0.39, 0.29) is 5.91 Å². The average molecular weight is 439 g/mol. The van der Waals surface area contributed by atoms with E-state index in [0.717, 1.165) is 15.9 Å². The summed E-state index contributed by atoms with van der Waals surface area (Å²) in [6.45, 7) is 7.34. The van der Waals surface area contributed by atoms with Crippen molar-refractivity contribution in [3.8, 4) is 0 Å². The molecule has 1 amide bonds. The largest absolute Gasteiger partial charge is 0.461 e. The van der Waals surface area contributed by atoms with Crippen LogP contribution in [0.2, 0.25) is 0 Å². The second-order valence-electron chi connectivity index (χ2n) is 6.27. The van der Waals surface area contributed by atoms with Gasteiger partial charge in [0, 0.05) is 22.0 Å². The predicted molar refractivity (Wildman–Crippen MR) is 106 cm³/mol. The Bertz CT molecular complexity index is 761. The third-order valence-corrected chi connectivity index (χ3v) is 5.02. The highest BCUT2D eigenvalue weighted by atomic mass is 79.9. The van der Waals surface area contributed by atoms with E-state index in [0.29, 0.717) is 36.9 Å². The van der Waals surface area contributed by atoms with Crippen molar-refractivity contribution in [2.24, 2.45) is 5.92 Å². The lowest BCUT2D eigenvalue weighted by molar-refractivity contribution is 0.0520. The highest BCUT2D eigenvalue weighted by Gasteiger charge is 2.19. The van der Waals surface area contributed by atoms with Crippen LogP contribution in [-0.2, 0) is 11.3 Å². The second kappa shape index (κ2) is 9.83. The van der Waals surface area contributed by atoms with E-state index >= 15 is 0 Å². The van der Waals surface area contributed by atoms with Gasteiger partial charge in [-0.1, -0.05) is 35.8 Å². The Morgan fingerprint density at radius 2 is 2.12 bits per heavy atom. The van der Waals surface area contributed by atoms with Crippen LogP contribution in [0.5, 0.6) is 0 Å². The topological polar surface area (TPSA) is 59.5 Å². The van der Waals surface area contributed by atoms with Crippen molar-refractivity contribution in [3.63, 3.8) is 0 Å². The fourth-order valence-corrected chi connectivity index (χ4v) is 3.49. The molecule has 7 heteroatoms. The van der Waals surface area contributed by atoms with E-state index in [1.807, 2.05) is 18.2 Å². The number of hydrogen-bond acceptors (Lipinski definition) is 5.